The number of aromatic nitrogens is 1. The van der Waals surface area contributed by atoms with Crippen molar-refractivity contribution in [1.82, 2.24) is 9.88 Å². The van der Waals surface area contributed by atoms with E-state index in [4.69, 9.17) is 0 Å². The summed E-state index contributed by atoms with van der Waals surface area (Å²) in [6, 6.07) is 11.7. The van der Waals surface area contributed by atoms with Crippen molar-refractivity contribution in [3.05, 3.63) is 75.9 Å². The van der Waals surface area contributed by atoms with Gasteiger partial charge in [0.15, 0.2) is 0 Å². The van der Waals surface area contributed by atoms with Crippen LogP contribution in [0.3, 0.4) is 0 Å². The number of benzene rings is 1. The highest BCUT2D eigenvalue weighted by atomic mass is 32.2. The molecule has 0 spiro atoms. The fourth-order valence-electron chi connectivity index (χ4n) is 3.12. The van der Waals surface area contributed by atoms with E-state index in [9.17, 15) is 18.0 Å². The zero-order valence-corrected chi connectivity index (χ0v) is 17.3. The lowest BCUT2D eigenvalue weighted by Crippen LogP contribution is -2.28. The summed E-state index contributed by atoms with van der Waals surface area (Å²) in [5.41, 5.74) is 2.76. The lowest BCUT2D eigenvalue weighted by atomic mass is 10.1. The minimum Gasteiger partial charge on any atom is -0.279 e. The Kier molecular flexibility index (Phi) is 4.71. The largest absolute Gasteiger partial charge is 0.280 e. The topological polar surface area (TPSA) is 96.4 Å². The van der Waals surface area contributed by atoms with Crippen molar-refractivity contribution in [3.63, 3.8) is 0 Å². The third-order valence-electron chi connectivity index (χ3n) is 4.57. The highest BCUT2D eigenvalue weighted by Gasteiger charge is 2.36. The molecule has 7 nitrogen and oxygen atoms in total. The van der Waals surface area contributed by atoms with Gasteiger partial charge < -0.3 is 0 Å². The number of carbonyl (C=O) groups excluding carboxylic acids is 2. The molecule has 0 bridgehead atoms. The smallest absolute Gasteiger partial charge is 0.279 e. The number of amides is 2. The number of nitrogens with one attached hydrogen (secondary N) is 1. The van der Waals surface area contributed by atoms with Crippen molar-refractivity contribution in [2.24, 2.45) is 0 Å². The fourth-order valence-corrected chi connectivity index (χ4v) is 5.60. The number of imide groups is 1. The molecule has 0 aliphatic carbocycles. The number of fused-ring (bicyclic) bond motifs is 1. The molecule has 1 aliphatic heterocycles. The first-order valence-electron chi connectivity index (χ1n) is 8.76. The monoisotopic (exact) mass is 427 g/mol. The highest BCUT2D eigenvalue weighted by molar-refractivity contribution is 7.94. The molecule has 0 saturated carbocycles. The van der Waals surface area contributed by atoms with E-state index in [2.05, 4.69) is 9.71 Å². The van der Waals surface area contributed by atoms with Crippen molar-refractivity contribution in [3.8, 4) is 0 Å². The maximum Gasteiger partial charge on any atom is 0.280 e. The second kappa shape index (κ2) is 7.09. The summed E-state index contributed by atoms with van der Waals surface area (Å²) in [5.74, 6) is -0.902. The first-order chi connectivity index (χ1) is 13.8. The Balaban J connectivity index is 1.54. The number of carbonyl (C=O) groups is 2. The Labute approximate surface area is 172 Å². The van der Waals surface area contributed by atoms with Gasteiger partial charge in [0.2, 0.25) is 0 Å². The Morgan fingerprint density at radius 3 is 2.59 bits per heavy atom. The van der Waals surface area contributed by atoms with E-state index in [1.165, 1.54) is 12.3 Å². The molecule has 29 heavy (non-hydrogen) atoms. The molecule has 1 N–H and O–H groups in total. The van der Waals surface area contributed by atoms with E-state index in [1.54, 1.807) is 24.3 Å². The first kappa shape index (κ1) is 19.3. The molecule has 9 heteroatoms. The molecule has 0 unspecified atom stereocenters. The van der Waals surface area contributed by atoms with E-state index in [-0.39, 0.29) is 22.0 Å². The van der Waals surface area contributed by atoms with Gasteiger partial charge in [0, 0.05) is 11.1 Å². The van der Waals surface area contributed by atoms with Crippen LogP contribution in [-0.4, -0.2) is 30.1 Å². The number of hydrogen-bond donors (Lipinski definition) is 1. The summed E-state index contributed by atoms with van der Waals surface area (Å²) >= 11 is 1.02. The summed E-state index contributed by atoms with van der Waals surface area (Å²) in [6.45, 7) is 3.77. The number of rotatable bonds is 5. The average molecular weight is 428 g/mol. The summed E-state index contributed by atoms with van der Waals surface area (Å²) in [5, 5.41) is 0. The summed E-state index contributed by atoms with van der Waals surface area (Å²) < 4.78 is 28.2. The van der Waals surface area contributed by atoms with Gasteiger partial charge in [-0.25, -0.2) is 8.42 Å². The van der Waals surface area contributed by atoms with Crippen LogP contribution in [0, 0.1) is 13.8 Å². The molecule has 0 saturated heterocycles. The zero-order valence-electron chi connectivity index (χ0n) is 15.7. The van der Waals surface area contributed by atoms with Crippen molar-refractivity contribution < 1.29 is 18.0 Å². The summed E-state index contributed by atoms with van der Waals surface area (Å²) in [6.07, 6.45) is 1.46. The summed E-state index contributed by atoms with van der Waals surface area (Å²) in [4.78, 5) is 30.5. The molecule has 148 valence electrons. The third kappa shape index (κ3) is 3.54. The molecule has 0 atom stereocenters. The summed E-state index contributed by atoms with van der Waals surface area (Å²) in [7, 11) is -3.77. The van der Waals surface area contributed by atoms with Gasteiger partial charge in [-0.2, -0.15) is 0 Å². The lowest BCUT2D eigenvalue weighted by molar-refractivity contribution is 0.0642. The molecule has 0 radical (unpaired) electrons. The third-order valence-corrected chi connectivity index (χ3v) is 7.50. The van der Waals surface area contributed by atoms with E-state index in [1.807, 2.05) is 26.0 Å². The van der Waals surface area contributed by atoms with E-state index >= 15 is 0 Å². The van der Waals surface area contributed by atoms with Gasteiger partial charge in [0.1, 0.15) is 9.90 Å². The number of anilines is 1. The standard InChI is InChI=1S/C20H17N3O4S2/c1-12-5-7-16(13(2)10-12)22-29(26,27)17-8-6-14(28-17)11-23-19(24)15-4-3-9-21-18(15)20(23)25/h3-10,22H,11H2,1-2H3. The first-order valence-corrected chi connectivity index (χ1v) is 11.1. The van der Waals surface area contributed by atoms with Crippen LogP contribution >= 0.6 is 11.3 Å². The Hall–Kier alpha value is -3.04. The average Bonchev–Trinajstić information content (AvgIpc) is 3.25. The quantitative estimate of drug-likeness (QED) is 0.630. The molecule has 2 amide bonds. The normalized spacial score (nSPS) is 13.7. The van der Waals surface area contributed by atoms with Crippen molar-refractivity contribution in [2.75, 3.05) is 4.72 Å². The molecule has 0 fully saturated rings. The number of sulfonamides is 1. The second-order valence-electron chi connectivity index (χ2n) is 6.74. The van der Waals surface area contributed by atoms with Gasteiger partial charge in [0.05, 0.1) is 17.8 Å². The number of hydrogen-bond acceptors (Lipinski definition) is 6. The van der Waals surface area contributed by atoms with Gasteiger partial charge in [-0.15, -0.1) is 11.3 Å². The minimum absolute atomic E-state index is 0.00221. The maximum atomic E-state index is 12.7. The lowest BCUT2D eigenvalue weighted by Gasteiger charge is -2.12. The van der Waals surface area contributed by atoms with Crippen LogP contribution < -0.4 is 4.72 Å². The van der Waals surface area contributed by atoms with Crippen LogP contribution in [0.15, 0.2) is 52.9 Å². The van der Waals surface area contributed by atoms with Crippen molar-refractivity contribution >= 4 is 38.9 Å². The van der Waals surface area contributed by atoms with Gasteiger partial charge in [-0.05, 0) is 49.7 Å². The fraction of sp³-hybridized carbons (Fsp3) is 0.150. The number of nitrogens with zero attached hydrogens (tertiary/aromatic N) is 2. The van der Waals surface area contributed by atoms with Crippen molar-refractivity contribution in [1.29, 1.82) is 0 Å². The van der Waals surface area contributed by atoms with Crippen molar-refractivity contribution in [2.45, 2.75) is 24.6 Å². The highest BCUT2D eigenvalue weighted by Crippen LogP contribution is 2.29. The molecular weight excluding hydrogens is 410 g/mol. The minimum atomic E-state index is -3.77. The Morgan fingerprint density at radius 2 is 1.86 bits per heavy atom. The van der Waals surface area contributed by atoms with Crippen LogP contribution in [0.1, 0.15) is 36.9 Å². The van der Waals surface area contributed by atoms with Crippen LogP contribution in [0.25, 0.3) is 0 Å². The van der Waals surface area contributed by atoms with Gasteiger partial charge >= 0.3 is 0 Å². The van der Waals surface area contributed by atoms with Gasteiger partial charge in [-0.3, -0.25) is 24.2 Å². The predicted molar refractivity (Wildman–Crippen MR) is 109 cm³/mol. The maximum absolute atomic E-state index is 12.7. The van der Waals surface area contributed by atoms with Crippen LogP contribution in [0.4, 0.5) is 5.69 Å². The van der Waals surface area contributed by atoms with E-state index < -0.39 is 21.8 Å². The van der Waals surface area contributed by atoms with Gasteiger partial charge in [-0.1, -0.05) is 17.7 Å². The Morgan fingerprint density at radius 1 is 1.07 bits per heavy atom. The number of thiophene rings is 1. The molecule has 2 aromatic heterocycles. The SMILES string of the molecule is Cc1ccc(NS(=O)(=O)c2ccc(CN3C(=O)c4cccnc4C3=O)s2)c(C)c1. The zero-order chi connectivity index (χ0) is 20.8. The molecule has 1 aliphatic rings. The predicted octanol–water partition coefficient (Wildman–Crippen LogP) is 3.36. The van der Waals surface area contributed by atoms with Crippen LogP contribution in [0.2, 0.25) is 0 Å². The van der Waals surface area contributed by atoms with Crippen LogP contribution in [0.5, 0.6) is 0 Å². The van der Waals surface area contributed by atoms with E-state index in [0.29, 0.717) is 10.6 Å². The molecule has 4 rings (SSSR count). The number of aryl methyl sites for hydroxylation is 2. The molecule has 3 aromatic rings. The number of pyridine rings is 1. The Bertz CT molecular complexity index is 1210. The second-order valence-corrected chi connectivity index (χ2v) is 9.82. The van der Waals surface area contributed by atoms with Crippen LogP contribution in [-0.2, 0) is 16.6 Å². The van der Waals surface area contributed by atoms with E-state index in [0.717, 1.165) is 27.4 Å². The molecule has 3 heterocycles. The molecular formula is C20H17N3O4S2. The van der Waals surface area contributed by atoms with Gasteiger partial charge in [0.25, 0.3) is 21.8 Å². The molecule has 1 aromatic carbocycles.